The summed E-state index contributed by atoms with van der Waals surface area (Å²) in [6, 6.07) is 20.8. The second-order valence-electron chi connectivity index (χ2n) is 5.67. The van der Waals surface area contributed by atoms with Gasteiger partial charge in [-0.05, 0) is 36.4 Å². The SMILES string of the molecule is O=C(Nc1cccc(-c2csc(-c3ccncc3)n2)c1)c1ccccc1. The molecule has 0 aliphatic rings. The summed E-state index contributed by atoms with van der Waals surface area (Å²) in [5, 5.41) is 5.90. The molecule has 4 rings (SSSR count). The van der Waals surface area contributed by atoms with Gasteiger partial charge in [0.05, 0.1) is 5.69 Å². The highest BCUT2D eigenvalue weighted by molar-refractivity contribution is 7.13. The van der Waals surface area contributed by atoms with Gasteiger partial charge in [-0.3, -0.25) is 9.78 Å². The largest absolute Gasteiger partial charge is 0.322 e. The normalized spacial score (nSPS) is 10.5. The fourth-order valence-electron chi connectivity index (χ4n) is 2.58. The number of benzene rings is 2. The minimum Gasteiger partial charge on any atom is -0.322 e. The Morgan fingerprint density at radius 1 is 0.885 bits per heavy atom. The van der Waals surface area contributed by atoms with Crippen molar-refractivity contribution < 1.29 is 4.79 Å². The van der Waals surface area contributed by atoms with Gasteiger partial charge in [0.25, 0.3) is 5.91 Å². The fourth-order valence-corrected chi connectivity index (χ4v) is 3.42. The van der Waals surface area contributed by atoms with Crippen LogP contribution in [0.15, 0.2) is 84.5 Å². The van der Waals surface area contributed by atoms with E-state index < -0.39 is 0 Å². The van der Waals surface area contributed by atoms with E-state index >= 15 is 0 Å². The quantitative estimate of drug-likeness (QED) is 0.551. The average molecular weight is 357 g/mol. The van der Waals surface area contributed by atoms with Crippen LogP contribution in [0.1, 0.15) is 10.4 Å². The standard InChI is InChI=1S/C21H15N3OS/c25-20(15-5-2-1-3-6-15)23-18-8-4-7-17(13-18)19-14-26-21(24-19)16-9-11-22-12-10-16/h1-14H,(H,23,25). The number of hydrogen-bond donors (Lipinski definition) is 1. The Morgan fingerprint density at radius 2 is 1.69 bits per heavy atom. The van der Waals surface area contributed by atoms with Crippen molar-refractivity contribution >= 4 is 22.9 Å². The molecule has 5 heteroatoms. The topological polar surface area (TPSA) is 54.9 Å². The van der Waals surface area contributed by atoms with E-state index in [1.165, 1.54) is 0 Å². The zero-order chi connectivity index (χ0) is 17.8. The molecule has 1 amide bonds. The number of carbonyl (C=O) groups is 1. The van der Waals surface area contributed by atoms with Crippen LogP contribution >= 0.6 is 11.3 Å². The molecule has 4 nitrogen and oxygen atoms in total. The van der Waals surface area contributed by atoms with E-state index in [1.54, 1.807) is 35.9 Å². The lowest BCUT2D eigenvalue weighted by Gasteiger charge is -2.06. The molecule has 0 spiro atoms. The first kappa shape index (κ1) is 16.2. The lowest BCUT2D eigenvalue weighted by atomic mass is 10.1. The van der Waals surface area contributed by atoms with Gasteiger partial charge in [-0.2, -0.15) is 0 Å². The molecule has 2 heterocycles. The van der Waals surface area contributed by atoms with Crippen molar-refractivity contribution in [3.05, 3.63) is 90.1 Å². The Morgan fingerprint density at radius 3 is 2.50 bits per heavy atom. The molecule has 0 unspecified atom stereocenters. The first-order valence-corrected chi connectivity index (χ1v) is 9.00. The van der Waals surface area contributed by atoms with Crippen LogP contribution in [0.2, 0.25) is 0 Å². The van der Waals surface area contributed by atoms with Crippen molar-refractivity contribution in [2.24, 2.45) is 0 Å². The van der Waals surface area contributed by atoms with Gasteiger partial charge >= 0.3 is 0 Å². The molecule has 0 fully saturated rings. The Kier molecular flexibility index (Phi) is 4.53. The monoisotopic (exact) mass is 357 g/mol. The molecule has 0 saturated carbocycles. The number of carbonyl (C=O) groups excluding carboxylic acids is 1. The molecule has 0 aliphatic heterocycles. The Balaban J connectivity index is 1.57. The van der Waals surface area contributed by atoms with Crippen LogP contribution in [0.4, 0.5) is 5.69 Å². The van der Waals surface area contributed by atoms with Gasteiger partial charge in [0.1, 0.15) is 5.01 Å². The molecule has 2 aromatic heterocycles. The predicted octanol–water partition coefficient (Wildman–Crippen LogP) is 5.12. The van der Waals surface area contributed by atoms with Crippen molar-refractivity contribution in [2.45, 2.75) is 0 Å². The zero-order valence-electron chi connectivity index (χ0n) is 13.8. The van der Waals surface area contributed by atoms with Crippen LogP contribution in [-0.2, 0) is 0 Å². The van der Waals surface area contributed by atoms with Gasteiger partial charge in [0.2, 0.25) is 0 Å². The van der Waals surface area contributed by atoms with Crippen LogP contribution in [0.5, 0.6) is 0 Å². The Bertz CT molecular complexity index is 1030. The minimum absolute atomic E-state index is 0.126. The molecule has 0 aliphatic carbocycles. The molecule has 0 bridgehead atoms. The second kappa shape index (κ2) is 7.29. The summed E-state index contributed by atoms with van der Waals surface area (Å²) in [4.78, 5) is 21.1. The molecule has 126 valence electrons. The van der Waals surface area contributed by atoms with E-state index in [1.807, 2.05) is 60.0 Å². The Labute approximate surface area is 155 Å². The van der Waals surface area contributed by atoms with Crippen molar-refractivity contribution in [3.63, 3.8) is 0 Å². The molecular weight excluding hydrogens is 342 g/mol. The van der Waals surface area contributed by atoms with Crippen molar-refractivity contribution in [3.8, 4) is 21.8 Å². The van der Waals surface area contributed by atoms with Gasteiger partial charge in [-0.15, -0.1) is 11.3 Å². The predicted molar refractivity (Wildman–Crippen MR) is 105 cm³/mol. The average Bonchev–Trinajstić information content (AvgIpc) is 3.20. The first-order valence-electron chi connectivity index (χ1n) is 8.12. The molecule has 4 aromatic rings. The third-order valence-corrected chi connectivity index (χ3v) is 4.77. The van der Waals surface area contributed by atoms with E-state index in [0.29, 0.717) is 5.56 Å². The summed E-state index contributed by atoms with van der Waals surface area (Å²) >= 11 is 1.59. The second-order valence-corrected chi connectivity index (χ2v) is 6.53. The van der Waals surface area contributed by atoms with E-state index in [4.69, 9.17) is 4.98 Å². The molecule has 0 radical (unpaired) electrons. The summed E-state index contributed by atoms with van der Waals surface area (Å²) < 4.78 is 0. The summed E-state index contributed by atoms with van der Waals surface area (Å²) in [5.74, 6) is -0.126. The van der Waals surface area contributed by atoms with Gasteiger partial charge < -0.3 is 5.32 Å². The highest BCUT2D eigenvalue weighted by atomic mass is 32.1. The maximum Gasteiger partial charge on any atom is 0.255 e. The van der Waals surface area contributed by atoms with Gasteiger partial charge in [-0.1, -0.05) is 30.3 Å². The summed E-state index contributed by atoms with van der Waals surface area (Å²) in [6.45, 7) is 0. The molecule has 1 N–H and O–H groups in total. The number of anilines is 1. The van der Waals surface area contributed by atoms with Gasteiger partial charge in [0.15, 0.2) is 0 Å². The number of rotatable bonds is 4. The van der Waals surface area contributed by atoms with Crippen molar-refractivity contribution in [1.82, 2.24) is 9.97 Å². The fraction of sp³-hybridized carbons (Fsp3) is 0. The highest BCUT2D eigenvalue weighted by Crippen LogP contribution is 2.29. The number of nitrogens with one attached hydrogen (secondary N) is 1. The first-order chi connectivity index (χ1) is 12.8. The molecule has 2 aromatic carbocycles. The maximum absolute atomic E-state index is 12.3. The van der Waals surface area contributed by atoms with Crippen LogP contribution in [0, 0.1) is 0 Å². The molecule has 26 heavy (non-hydrogen) atoms. The number of pyridine rings is 1. The van der Waals surface area contributed by atoms with Crippen molar-refractivity contribution in [1.29, 1.82) is 0 Å². The van der Waals surface area contributed by atoms with Crippen LogP contribution in [0.3, 0.4) is 0 Å². The number of nitrogens with zero attached hydrogens (tertiary/aromatic N) is 2. The van der Waals surface area contributed by atoms with Gasteiger partial charge in [-0.25, -0.2) is 4.98 Å². The van der Waals surface area contributed by atoms with Crippen LogP contribution < -0.4 is 5.32 Å². The van der Waals surface area contributed by atoms with Crippen LogP contribution in [0.25, 0.3) is 21.8 Å². The summed E-state index contributed by atoms with van der Waals surface area (Å²) in [7, 11) is 0. The summed E-state index contributed by atoms with van der Waals surface area (Å²) in [6.07, 6.45) is 3.52. The third-order valence-electron chi connectivity index (χ3n) is 3.88. The number of aromatic nitrogens is 2. The number of thiazole rings is 1. The zero-order valence-corrected chi connectivity index (χ0v) is 14.6. The van der Waals surface area contributed by atoms with E-state index in [2.05, 4.69) is 10.3 Å². The lowest BCUT2D eigenvalue weighted by molar-refractivity contribution is 0.102. The smallest absolute Gasteiger partial charge is 0.255 e. The van der Waals surface area contributed by atoms with Crippen LogP contribution in [-0.4, -0.2) is 15.9 Å². The maximum atomic E-state index is 12.3. The summed E-state index contributed by atoms with van der Waals surface area (Å²) in [5.41, 5.74) is 4.27. The van der Waals surface area contributed by atoms with E-state index in [-0.39, 0.29) is 5.91 Å². The van der Waals surface area contributed by atoms with Gasteiger partial charge in [0, 0.05) is 40.2 Å². The molecule has 0 saturated heterocycles. The molecule has 0 atom stereocenters. The molecular formula is C21H15N3OS. The minimum atomic E-state index is -0.126. The van der Waals surface area contributed by atoms with E-state index in [0.717, 1.165) is 27.5 Å². The Hall–Kier alpha value is -3.31. The number of hydrogen-bond acceptors (Lipinski definition) is 4. The highest BCUT2D eigenvalue weighted by Gasteiger charge is 2.09. The third kappa shape index (κ3) is 3.53. The van der Waals surface area contributed by atoms with E-state index in [9.17, 15) is 4.79 Å². The van der Waals surface area contributed by atoms with Crippen molar-refractivity contribution in [2.75, 3.05) is 5.32 Å². The lowest BCUT2D eigenvalue weighted by Crippen LogP contribution is -2.11. The number of amides is 1.